The van der Waals surface area contributed by atoms with Gasteiger partial charge in [0.05, 0.1) is 25.7 Å². The molecule has 0 spiro atoms. The van der Waals surface area contributed by atoms with Crippen molar-refractivity contribution in [3.63, 3.8) is 0 Å². The van der Waals surface area contributed by atoms with Crippen molar-refractivity contribution >= 4 is 20.2 Å². The lowest BCUT2D eigenvalue weighted by molar-refractivity contribution is -0.0756. The Labute approximate surface area is 133 Å². The second-order valence-electron chi connectivity index (χ2n) is 6.58. The lowest BCUT2D eigenvalue weighted by atomic mass is 9.52. The average molecular weight is 352 g/mol. The highest BCUT2D eigenvalue weighted by Crippen LogP contribution is 2.57. The van der Waals surface area contributed by atoms with E-state index in [1.807, 2.05) is 12.2 Å². The van der Waals surface area contributed by atoms with Crippen molar-refractivity contribution < 1.29 is 25.2 Å². The van der Waals surface area contributed by atoms with E-state index in [1.165, 1.54) is 0 Å². The summed E-state index contributed by atoms with van der Waals surface area (Å²) in [6.45, 7) is 0.173. The fraction of sp³-hybridized carbons (Fsp3) is 0.857. The van der Waals surface area contributed by atoms with Crippen LogP contribution in [-0.4, -0.2) is 42.6 Å². The maximum atomic E-state index is 11.4. The topological polar surface area (TPSA) is 86.7 Å². The second kappa shape index (κ2) is 6.22. The van der Waals surface area contributed by atoms with Crippen molar-refractivity contribution in [2.45, 2.75) is 38.5 Å². The molecule has 6 nitrogen and oxygen atoms in total. The highest BCUT2D eigenvalue weighted by molar-refractivity contribution is 7.86. The maximum Gasteiger partial charge on any atom is 0.264 e. The Hall–Kier alpha value is -0.440. The summed E-state index contributed by atoms with van der Waals surface area (Å²) in [4.78, 5) is 0. The van der Waals surface area contributed by atoms with Gasteiger partial charge in [-0.3, -0.25) is 8.37 Å². The van der Waals surface area contributed by atoms with E-state index in [1.54, 1.807) is 0 Å². The number of fused-ring (bicyclic) bond motifs is 1. The van der Waals surface area contributed by atoms with Crippen LogP contribution in [-0.2, 0) is 28.6 Å². The first-order valence-corrected chi connectivity index (χ1v) is 11.0. The lowest BCUT2D eigenvalue weighted by Gasteiger charge is -2.54. The van der Waals surface area contributed by atoms with Gasteiger partial charge in [0.15, 0.2) is 0 Å². The fourth-order valence-corrected chi connectivity index (χ4v) is 4.60. The van der Waals surface area contributed by atoms with Gasteiger partial charge in [-0.05, 0) is 25.7 Å². The summed E-state index contributed by atoms with van der Waals surface area (Å²) < 4.78 is 55.8. The van der Waals surface area contributed by atoms with E-state index in [0.29, 0.717) is 12.8 Å². The van der Waals surface area contributed by atoms with Crippen molar-refractivity contribution in [1.29, 1.82) is 0 Å². The zero-order valence-corrected chi connectivity index (χ0v) is 14.7. The zero-order valence-electron chi connectivity index (χ0n) is 13.1. The third kappa shape index (κ3) is 4.10. The van der Waals surface area contributed by atoms with Crippen LogP contribution in [0.1, 0.15) is 38.5 Å². The Balaban J connectivity index is 2.29. The fourth-order valence-electron chi connectivity index (χ4n) is 3.72. The molecule has 2 atom stereocenters. The van der Waals surface area contributed by atoms with Crippen LogP contribution in [0.5, 0.6) is 0 Å². The Bertz CT molecular complexity index is 580. The molecule has 0 radical (unpaired) electrons. The highest BCUT2D eigenvalue weighted by Gasteiger charge is 2.53. The molecule has 2 aliphatic carbocycles. The minimum Gasteiger partial charge on any atom is -0.270 e. The van der Waals surface area contributed by atoms with E-state index in [9.17, 15) is 16.8 Å². The van der Waals surface area contributed by atoms with Crippen molar-refractivity contribution in [2.24, 2.45) is 10.8 Å². The normalized spacial score (nSPS) is 32.6. The molecule has 2 rings (SSSR count). The molecule has 0 unspecified atom stereocenters. The van der Waals surface area contributed by atoms with E-state index < -0.39 is 20.2 Å². The summed E-state index contributed by atoms with van der Waals surface area (Å²) in [5.41, 5.74) is -0.762. The standard InChI is InChI=1S/C14H24O6S2/c1-21(15,16)19-11-13-7-3-5-9-14(13,10-6-4-8-13)12-20-22(2,17)18/h3,5H,4,6-12H2,1-2H3/t13-,14+. The van der Waals surface area contributed by atoms with E-state index in [-0.39, 0.29) is 24.0 Å². The van der Waals surface area contributed by atoms with Crippen LogP contribution in [0.25, 0.3) is 0 Å². The third-order valence-electron chi connectivity index (χ3n) is 4.97. The molecule has 0 saturated heterocycles. The zero-order chi connectivity index (χ0) is 16.5. The first kappa shape index (κ1) is 17.9. The monoisotopic (exact) mass is 352 g/mol. The molecule has 0 aromatic heterocycles. The molecule has 22 heavy (non-hydrogen) atoms. The third-order valence-corrected chi connectivity index (χ3v) is 6.06. The van der Waals surface area contributed by atoms with Crippen LogP contribution in [0, 0.1) is 10.8 Å². The van der Waals surface area contributed by atoms with Gasteiger partial charge in [0.2, 0.25) is 0 Å². The van der Waals surface area contributed by atoms with Crippen LogP contribution < -0.4 is 0 Å². The summed E-state index contributed by atoms with van der Waals surface area (Å²) in [5.74, 6) is 0. The van der Waals surface area contributed by atoms with Gasteiger partial charge in [0.1, 0.15) is 0 Å². The van der Waals surface area contributed by atoms with Crippen LogP contribution in [0.3, 0.4) is 0 Å². The molecular weight excluding hydrogens is 328 g/mol. The predicted molar refractivity (Wildman–Crippen MR) is 83.3 cm³/mol. The van der Waals surface area contributed by atoms with Crippen molar-refractivity contribution in [2.75, 3.05) is 25.7 Å². The van der Waals surface area contributed by atoms with Gasteiger partial charge in [0, 0.05) is 10.8 Å². The summed E-state index contributed by atoms with van der Waals surface area (Å²) in [6, 6.07) is 0. The molecular formula is C14H24O6S2. The van der Waals surface area contributed by atoms with Gasteiger partial charge >= 0.3 is 0 Å². The van der Waals surface area contributed by atoms with E-state index in [0.717, 1.165) is 38.2 Å². The number of hydrogen-bond acceptors (Lipinski definition) is 6. The Morgan fingerprint density at radius 2 is 1.18 bits per heavy atom. The molecule has 0 N–H and O–H groups in total. The Morgan fingerprint density at radius 1 is 0.818 bits per heavy atom. The average Bonchev–Trinajstić information content (AvgIpc) is 2.42. The Morgan fingerprint density at radius 3 is 1.50 bits per heavy atom. The van der Waals surface area contributed by atoms with Crippen LogP contribution in [0.2, 0.25) is 0 Å². The van der Waals surface area contributed by atoms with Gasteiger partial charge in [0.25, 0.3) is 20.2 Å². The molecule has 0 bridgehead atoms. The summed E-state index contributed by atoms with van der Waals surface area (Å²) in [7, 11) is -7.07. The highest BCUT2D eigenvalue weighted by atomic mass is 32.2. The molecule has 0 aromatic rings. The quantitative estimate of drug-likeness (QED) is 0.535. The van der Waals surface area contributed by atoms with Crippen molar-refractivity contribution in [3.8, 4) is 0 Å². The van der Waals surface area contributed by atoms with Gasteiger partial charge in [-0.2, -0.15) is 16.8 Å². The smallest absolute Gasteiger partial charge is 0.264 e. The molecule has 1 saturated carbocycles. The molecule has 128 valence electrons. The van der Waals surface area contributed by atoms with E-state index in [4.69, 9.17) is 8.37 Å². The van der Waals surface area contributed by atoms with Crippen LogP contribution >= 0.6 is 0 Å². The van der Waals surface area contributed by atoms with Gasteiger partial charge in [-0.1, -0.05) is 25.0 Å². The number of allylic oxidation sites excluding steroid dienone is 2. The largest absolute Gasteiger partial charge is 0.270 e. The van der Waals surface area contributed by atoms with Gasteiger partial charge < -0.3 is 0 Å². The number of rotatable bonds is 6. The second-order valence-corrected chi connectivity index (χ2v) is 9.87. The number of hydrogen-bond donors (Lipinski definition) is 0. The first-order valence-electron chi connectivity index (χ1n) is 7.41. The van der Waals surface area contributed by atoms with Crippen LogP contribution in [0.4, 0.5) is 0 Å². The van der Waals surface area contributed by atoms with Gasteiger partial charge in [-0.25, -0.2) is 0 Å². The molecule has 0 amide bonds. The molecule has 1 fully saturated rings. The molecule has 8 heteroatoms. The molecule has 2 aliphatic rings. The minimum atomic E-state index is -3.53. The molecule has 0 aromatic carbocycles. The Kier molecular flexibility index (Phi) is 5.06. The SMILES string of the molecule is CS(=O)(=O)OC[C@@]12CC=CC[C@]1(COS(C)(=O)=O)CCCC2. The minimum absolute atomic E-state index is 0.0866. The maximum absolute atomic E-state index is 11.4. The lowest BCUT2D eigenvalue weighted by Crippen LogP contribution is -2.51. The van der Waals surface area contributed by atoms with Crippen molar-refractivity contribution in [1.82, 2.24) is 0 Å². The molecule has 0 heterocycles. The van der Waals surface area contributed by atoms with E-state index in [2.05, 4.69) is 0 Å². The molecule has 0 aliphatic heterocycles. The van der Waals surface area contributed by atoms with Gasteiger partial charge in [-0.15, -0.1) is 0 Å². The first-order chi connectivity index (χ1) is 10.1. The van der Waals surface area contributed by atoms with Crippen LogP contribution in [0.15, 0.2) is 12.2 Å². The van der Waals surface area contributed by atoms with Crippen molar-refractivity contribution in [3.05, 3.63) is 12.2 Å². The summed E-state index contributed by atoms with van der Waals surface area (Å²) in [5, 5.41) is 0. The summed E-state index contributed by atoms with van der Waals surface area (Å²) in [6.07, 6.45) is 11.2. The van der Waals surface area contributed by atoms with E-state index >= 15 is 0 Å². The predicted octanol–water partition coefficient (Wildman–Crippen LogP) is 1.84. The summed E-state index contributed by atoms with van der Waals surface area (Å²) >= 11 is 0.